The molecule has 0 bridgehead atoms. The summed E-state index contributed by atoms with van der Waals surface area (Å²) in [5.41, 5.74) is 2.17. The molecule has 1 aliphatic rings. The van der Waals surface area contributed by atoms with Crippen LogP contribution in [-0.4, -0.2) is 39.6 Å². The predicted molar refractivity (Wildman–Crippen MR) is 87.8 cm³/mol. The van der Waals surface area contributed by atoms with E-state index >= 15 is 0 Å². The van der Waals surface area contributed by atoms with Crippen LogP contribution < -0.4 is 5.32 Å². The van der Waals surface area contributed by atoms with E-state index in [9.17, 15) is 4.79 Å². The zero-order chi connectivity index (χ0) is 15.4. The topological polar surface area (TPSA) is 50.2 Å². The van der Waals surface area contributed by atoms with E-state index in [4.69, 9.17) is 0 Å². The van der Waals surface area contributed by atoms with Crippen LogP contribution in [0.15, 0.2) is 30.6 Å². The second-order valence-corrected chi connectivity index (χ2v) is 6.05. The number of nitrogens with zero attached hydrogens (tertiary/aromatic N) is 3. The van der Waals surface area contributed by atoms with Crippen molar-refractivity contribution >= 4 is 17.1 Å². The van der Waals surface area contributed by atoms with Crippen molar-refractivity contribution in [1.82, 2.24) is 19.8 Å². The van der Waals surface area contributed by atoms with Crippen molar-refractivity contribution in [2.24, 2.45) is 0 Å². The number of aryl methyl sites for hydroxylation is 1. The fourth-order valence-electron chi connectivity index (χ4n) is 3.13. The third kappa shape index (κ3) is 3.24. The van der Waals surface area contributed by atoms with Crippen LogP contribution in [0.4, 0.5) is 4.79 Å². The molecule has 118 valence electrons. The van der Waals surface area contributed by atoms with Gasteiger partial charge in [-0.1, -0.05) is 12.1 Å². The third-order valence-corrected chi connectivity index (χ3v) is 4.44. The molecule has 2 aromatic rings. The lowest BCUT2D eigenvalue weighted by Gasteiger charge is -2.33. The highest BCUT2D eigenvalue weighted by Crippen LogP contribution is 2.16. The number of nitrogens with one attached hydrogen (secondary N) is 1. The van der Waals surface area contributed by atoms with Gasteiger partial charge in [0.05, 0.1) is 17.4 Å². The number of amides is 2. The van der Waals surface area contributed by atoms with E-state index in [2.05, 4.69) is 27.9 Å². The Bertz CT molecular complexity index is 636. The van der Waals surface area contributed by atoms with Gasteiger partial charge in [-0.15, -0.1) is 0 Å². The molecule has 3 rings (SSSR count). The van der Waals surface area contributed by atoms with Crippen LogP contribution in [0.3, 0.4) is 0 Å². The van der Waals surface area contributed by atoms with E-state index < -0.39 is 0 Å². The molecule has 2 amide bonds. The minimum atomic E-state index is 0.0858. The number of urea groups is 1. The summed E-state index contributed by atoms with van der Waals surface area (Å²) in [5.74, 6) is 0. The highest BCUT2D eigenvalue weighted by atomic mass is 16.2. The Morgan fingerprint density at radius 2 is 2.23 bits per heavy atom. The van der Waals surface area contributed by atoms with E-state index in [1.165, 1.54) is 6.42 Å². The molecule has 1 N–H and O–H groups in total. The molecule has 1 fully saturated rings. The van der Waals surface area contributed by atoms with Gasteiger partial charge in [-0.05, 0) is 44.7 Å². The molecule has 5 nitrogen and oxygen atoms in total. The number of piperidine rings is 1. The van der Waals surface area contributed by atoms with Crippen LogP contribution in [0.1, 0.15) is 32.6 Å². The monoisotopic (exact) mass is 300 g/mol. The van der Waals surface area contributed by atoms with Crippen LogP contribution in [-0.2, 0) is 6.54 Å². The van der Waals surface area contributed by atoms with Gasteiger partial charge >= 0.3 is 6.03 Å². The summed E-state index contributed by atoms with van der Waals surface area (Å²) in [6.45, 7) is 4.60. The summed E-state index contributed by atoms with van der Waals surface area (Å²) in [5, 5.41) is 3.05. The number of carbonyl (C=O) groups excluding carboxylic acids is 1. The lowest BCUT2D eigenvalue weighted by Crippen LogP contribution is -2.47. The summed E-state index contributed by atoms with van der Waals surface area (Å²) < 4.78 is 2.14. The molecule has 1 aliphatic heterocycles. The summed E-state index contributed by atoms with van der Waals surface area (Å²) in [7, 11) is 0. The first-order valence-electron chi connectivity index (χ1n) is 8.20. The van der Waals surface area contributed by atoms with Crippen molar-refractivity contribution in [2.75, 3.05) is 13.1 Å². The number of hydrogen-bond donors (Lipinski definition) is 1. The molecular formula is C17H24N4O. The van der Waals surface area contributed by atoms with Crippen molar-refractivity contribution in [3.8, 4) is 0 Å². The minimum Gasteiger partial charge on any atom is -0.338 e. The van der Waals surface area contributed by atoms with E-state index in [0.717, 1.165) is 43.4 Å². The molecule has 1 aromatic carbocycles. The summed E-state index contributed by atoms with van der Waals surface area (Å²) in [4.78, 5) is 18.5. The average molecular weight is 300 g/mol. The molecule has 0 radical (unpaired) electrons. The molecule has 1 aromatic heterocycles. The third-order valence-electron chi connectivity index (χ3n) is 4.44. The largest absolute Gasteiger partial charge is 0.338 e. The Balaban J connectivity index is 1.46. The summed E-state index contributed by atoms with van der Waals surface area (Å²) in [6, 6.07) is 8.58. The smallest absolute Gasteiger partial charge is 0.317 e. The molecule has 1 saturated heterocycles. The van der Waals surface area contributed by atoms with Gasteiger partial charge in [0, 0.05) is 25.7 Å². The molecule has 0 spiro atoms. The molecule has 1 unspecified atom stereocenters. The molecule has 2 heterocycles. The lowest BCUT2D eigenvalue weighted by molar-refractivity contribution is 0.158. The Labute approximate surface area is 131 Å². The van der Waals surface area contributed by atoms with E-state index in [-0.39, 0.29) is 6.03 Å². The van der Waals surface area contributed by atoms with Crippen molar-refractivity contribution in [2.45, 2.75) is 45.2 Å². The fourth-order valence-corrected chi connectivity index (χ4v) is 3.13. The Kier molecular flexibility index (Phi) is 4.61. The Hall–Kier alpha value is -2.04. The van der Waals surface area contributed by atoms with E-state index in [1.54, 1.807) is 0 Å². The second-order valence-electron chi connectivity index (χ2n) is 6.05. The van der Waals surface area contributed by atoms with Gasteiger partial charge in [-0.2, -0.15) is 0 Å². The van der Waals surface area contributed by atoms with Crippen molar-refractivity contribution in [3.63, 3.8) is 0 Å². The van der Waals surface area contributed by atoms with E-state index in [0.29, 0.717) is 12.6 Å². The van der Waals surface area contributed by atoms with Crippen LogP contribution in [0.2, 0.25) is 0 Å². The first kappa shape index (κ1) is 14.9. The number of para-hydroxylation sites is 2. The number of carbonyl (C=O) groups is 1. The van der Waals surface area contributed by atoms with Crippen molar-refractivity contribution in [3.05, 3.63) is 30.6 Å². The fraction of sp³-hybridized carbons (Fsp3) is 0.529. The number of benzene rings is 1. The van der Waals surface area contributed by atoms with Gasteiger partial charge in [0.2, 0.25) is 0 Å². The number of rotatable bonds is 4. The molecule has 0 aliphatic carbocycles. The van der Waals surface area contributed by atoms with Gasteiger partial charge in [0.1, 0.15) is 0 Å². The first-order chi connectivity index (χ1) is 10.8. The van der Waals surface area contributed by atoms with Gasteiger partial charge in [-0.25, -0.2) is 9.78 Å². The number of imidazole rings is 1. The number of hydrogen-bond acceptors (Lipinski definition) is 2. The number of aromatic nitrogens is 2. The normalized spacial score (nSPS) is 18.6. The maximum atomic E-state index is 12.2. The predicted octanol–water partition coefficient (Wildman–Crippen LogP) is 3.01. The van der Waals surface area contributed by atoms with Crippen LogP contribution >= 0.6 is 0 Å². The van der Waals surface area contributed by atoms with E-state index in [1.807, 2.05) is 29.4 Å². The molecule has 1 atom stereocenters. The molecule has 22 heavy (non-hydrogen) atoms. The summed E-state index contributed by atoms with van der Waals surface area (Å²) in [6.07, 6.45) is 6.26. The number of likely N-dealkylation sites (tertiary alicyclic amines) is 1. The molecule has 0 saturated carbocycles. The Morgan fingerprint density at radius 3 is 3.09 bits per heavy atom. The molecular weight excluding hydrogens is 276 g/mol. The highest BCUT2D eigenvalue weighted by Gasteiger charge is 2.22. The zero-order valence-electron chi connectivity index (χ0n) is 13.2. The minimum absolute atomic E-state index is 0.0858. The zero-order valence-corrected chi connectivity index (χ0v) is 13.2. The second kappa shape index (κ2) is 6.81. The van der Waals surface area contributed by atoms with Crippen LogP contribution in [0, 0.1) is 0 Å². The van der Waals surface area contributed by atoms with Crippen molar-refractivity contribution in [1.29, 1.82) is 0 Å². The Morgan fingerprint density at radius 1 is 1.36 bits per heavy atom. The van der Waals surface area contributed by atoms with Crippen LogP contribution in [0.25, 0.3) is 11.0 Å². The molecule has 5 heteroatoms. The van der Waals surface area contributed by atoms with Gasteiger partial charge < -0.3 is 14.8 Å². The van der Waals surface area contributed by atoms with Crippen LogP contribution in [0.5, 0.6) is 0 Å². The standard InChI is InChI=1S/C17H24N4O/c1-14-7-4-5-12-21(14)17(22)18-10-6-11-20-13-19-15-8-2-3-9-16(15)20/h2-3,8-9,13-14H,4-7,10-12H2,1H3,(H,18,22). The highest BCUT2D eigenvalue weighted by molar-refractivity contribution is 5.75. The van der Waals surface area contributed by atoms with Gasteiger partial charge in [0.25, 0.3) is 0 Å². The average Bonchev–Trinajstić information content (AvgIpc) is 2.95. The lowest BCUT2D eigenvalue weighted by atomic mass is 10.0. The van der Waals surface area contributed by atoms with Gasteiger partial charge in [-0.3, -0.25) is 0 Å². The first-order valence-corrected chi connectivity index (χ1v) is 8.20. The maximum absolute atomic E-state index is 12.2. The number of fused-ring (bicyclic) bond motifs is 1. The SMILES string of the molecule is CC1CCCCN1C(=O)NCCCn1cnc2ccccc21. The summed E-state index contributed by atoms with van der Waals surface area (Å²) >= 11 is 0. The van der Waals surface area contributed by atoms with Crippen molar-refractivity contribution < 1.29 is 4.79 Å². The maximum Gasteiger partial charge on any atom is 0.317 e. The van der Waals surface area contributed by atoms with Gasteiger partial charge in [0.15, 0.2) is 0 Å². The quantitative estimate of drug-likeness (QED) is 0.882.